The molecule has 1 aromatic heterocycles. The number of amides is 1. The minimum Gasteiger partial charge on any atom is -0.490 e. The smallest absolute Gasteiger partial charge is 0.246 e. The highest BCUT2D eigenvalue weighted by atomic mass is 35.5. The normalized spacial score (nSPS) is 18.6. The van der Waals surface area contributed by atoms with E-state index in [2.05, 4.69) is 16.5 Å². The number of piperazine rings is 1. The van der Waals surface area contributed by atoms with Gasteiger partial charge in [0.2, 0.25) is 5.91 Å². The van der Waals surface area contributed by atoms with Crippen LogP contribution in [-0.4, -0.2) is 53.0 Å². The van der Waals surface area contributed by atoms with Crippen molar-refractivity contribution in [3.8, 4) is 16.9 Å². The Morgan fingerprint density at radius 1 is 1.34 bits per heavy atom. The maximum Gasteiger partial charge on any atom is 0.246 e. The summed E-state index contributed by atoms with van der Waals surface area (Å²) in [4.78, 5) is 20.1. The molecule has 1 amide bonds. The number of carbonyl (C=O) groups is 1. The molecule has 6 nitrogen and oxygen atoms in total. The van der Waals surface area contributed by atoms with Crippen molar-refractivity contribution in [3.05, 3.63) is 53.1 Å². The van der Waals surface area contributed by atoms with Crippen molar-refractivity contribution in [3.63, 3.8) is 0 Å². The molecule has 0 bridgehead atoms. The van der Waals surface area contributed by atoms with Gasteiger partial charge in [-0.15, -0.1) is 0 Å². The van der Waals surface area contributed by atoms with Gasteiger partial charge in [0.15, 0.2) is 5.13 Å². The number of nitrogens with zero attached hydrogens (tertiary/aromatic N) is 3. The van der Waals surface area contributed by atoms with E-state index in [1.54, 1.807) is 4.90 Å². The minimum absolute atomic E-state index is 0.0569. The number of benzene rings is 2. The van der Waals surface area contributed by atoms with E-state index in [4.69, 9.17) is 22.1 Å². The van der Waals surface area contributed by atoms with E-state index in [-0.39, 0.29) is 37.9 Å². The standard InChI is InChI=1S/C22H19ClF2N4O2S/c1-2-16(30)29-6-5-28-8-11-7-15(25)17(18(23)20(11)31-10-12(28)9-29)13-3-4-14(24)21-19(13)27-22(26)32-21/h2-4,7,12H,1,5-6,8-10H2,(H2,26,27)/t12-/m0/s1. The van der Waals surface area contributed by atoms with Gasteiger partial charge in [-0.2, -0.15) is 0 Å². The molecule has 32 heavy (non-hydrogen) atoms. The molecule has 2 aliphatic heterocycles. The Kier molecular flexibility index (Phi) is 5.27. The van der Waals surface area contributed by atoms with Crippen molar-refractivity contribution in [2.24, 2.45) is 0 Å². The van der Waals surface area contributed by atoms with Crippen LogP contribution < -0.4 is 10.5 Å². The van der Waals surface area contributed by atoms with Crippen LogP contribution in [0.15, 0.2) is 30.9 Å². The topological polar surface area (TPSA) is 71.7 Å². The summed E-state index contributed by atoms with van der Waals surface area (Å²) in [6.07, 6.45) is 1.30. The van der Waals surface area contributed by atoms with Crippen LogP contribution in [0.25, 0.3) is 21.3 Å². The molecule has 0 aliphatic carbocycles. The minimum atomic E-state index is -0.546. The summed E-state index contributed by atoms with van der Waals surface area (Å²) < 4.78 is 35.9. The van der Waals surface area contributed by atoms with Gasteiger partial charge in [-0.1, -0.05) is 29.5 Å². The highest BCUT2D eigenvalue weighted by Gasteiger charge is 2.34. The molecule has 1 fully saturated rings. The molecule has 10 heteroatoms. The predicted octanol–water partition coefficient (Wildman–Crippen LogP) is 4.07. The molecule has 0 radical (unpaired) electrons. The highest BCUT2D eigenvalue weighted by molar-refractivity contribution is 7.22. The Labute approximate surface area is 191 Å². The van der Waals surface area contributed by atoms with Crippen molar-refractivity contribution in [1.82, 2.24) is 14.8 Å². The number of rotatable bonds is 2. The van der Waals surface area contributed by atoms with E-state index in [0.717, 1.165) is 11.3 Å². The summed E-state index contributed by atoms with van der Waals surface area (Å²) in [6, 6.07) is 4.05. The van der Waals surface area contributed by atoms with Crippen LogP contribution in [0.1, 0.15) is 5.56 Å². The Bertz CT molecular complexity index is 1260. The molecule has 0 unspecified atom stereocenters. The van der Waals surface area contributed by atoms with Crippen LogP contribution in [0.2, 0.25) is 5.02 Å². The van der Waals surface area contributed by atoms with Crippen LogP contribution in [0, 0.1) is 11.6 Å². The molecule has 5 rings (SSSR count). The maximum atomic E-state index is 15.4. The maximum absolute atomic E-state index is 15.4. The molecule has 3 heterocycles. The third kappa shape index (κ3) is 3.41. The lowest BCUT2D eigenvalue weighted by Crippen LogP contribution is -2.55. The van der Waals surface area contributed by atoms with Crippen LogP contribution >= 0.6 is 22.9 Å². The monoisotopic (exact) mass is 476 g/mol. The molecular formula is C22H19ClF2N4O2S. The van der Waals surface area contributed by atoms with Crippen LogP contribution in [0.4, 0.5) is 13.9 Å². The lowest BCUT2D eigenvalue weighted by molar-refractivity contribution is -0.129. The number of nitrogens with two attached hydrogens (primary N) is 1. The fourth-order valence-corrected chi connectivity index (χ4v) is 5.48. The SMILES string of the molecule is C=CC(=O)N1CCN2Cc3cc(F)c(-c4ccc(F)c5sc(N)nc45)c(Cl)c3OC[C@@H]2C1. The summed E-state index contributed by atoms with van der Waals surface area (Å²) >= 11 is 7.67. The van der Waals surface area contributed by atoms with Gasteiger partial charge in [-0.25, -0.2) is 13.8 Å². The number of thiazole rings is 1. The Hall–Kier alpha value is -2.75. The largest absolute Gasteiger partial charge is 0.490 e. The Balaban J connectivity index is 1.55. The molecule has 0 saturated carbocycles. The Morgan fingerprint density at radius 2 is 2.16 bits per heavy atom. The number of anilines is 1. The van der Waals surface area contributed by atoms with Crippen LogP contribution in [-0.2, 0) is 11.3 Å². The van der Waals surface area contributed by atoms with E-state index in [9.17, 15) is 9.18 Å². The van der Waals surface area contributed by atoms with Crippen LogP contribution in [0.3, 0.4) is 0 Å². The summed E-state index contributed by atoms with van der Waals surface area (Å²) in [5.41, 5.74) is 7.11. The molecule has 2 aromatic carbocycles. The summed E-state index contributed by atoms with van der Waals surface area (Å²) in [5, 5.41) is 0.294. The molecule has 2 aliphatic rings. The first kappa shape index (κ1) is 21.1. The fourth-order valence-electron chi connectivity index (χ4n) is 4.35. The average Bonchev–Trinajstić information content (AvgIpc) is 3.07. The van der Waals surface area contributed by atoms with Gasteiger partial charge in [0.25, 0.3) is 0 Å². The van der Waals surface area contributed by atoms with Gasteiger partial charge in [-0.3, -0.25) is 9.69 Å². The molecule has 166 valence electrons. The number of aromatic nitrogens is 1. The van der Waals surface area contributed by atoms with Crippen LogP contribution in [0.5, 0.6) is 5.75 Å². The summed E-state index contributed by atoms with van der Waals surface area (Å²) in [6.45, 7) is 5.96. The summed E-state index contributed by atoms with van der Waals surface area (Å²) in [7, 11) is 0. The molecule has 3 aromatic rings. The van der Waals surface area contributed by atoms with Crippen molar-refractivity contribution < 1.29 is 18.3 Å². The third-order valence-corrected chi connectivity index (χ3v) is 7.17. The fraction of sp³-hybridized carbons (Fsp3) is 0.273. The van der Waals surface area contributed by atoms with Crippen molar-refractivity contribution >= 4 is 44.2 Å². The number of ether oxygens (including phenoxy) is 1. The molecular weight excluding hydrogens is 458 g/mol. The van der Waals surface area contributed by atoms with E-state index in [1.807, 2.05) is 0 Å². The zero-order valence-corrected chi connectivity index (χ0v) is 18.5. The number of hydrogen-bond acceptors (Lipinski definition) is 6. The number of halogens is 3. The molecule has 1 atom stereocenters. The van der Waals surface area contributed by atoms with E-state index in [0.29, 0.717) is 49.7 Å². The first-order valence-corrected chi connectivity index (χ1v) is 11.2. The number of nitrogen functional groups attached to an aromatic ring is 1. The van der Waals surface area contributed by atoms with E-state index in [1.165, 1.54) is 24.3 Å². The lowest BCUT2D eigenvalue weighted by Gasteiger charge is -2.39. The van der Waals surface area contributed by atoms with Gasteiger partial charge in [0.05, 0.1) is 21.3 Å². The van der Waals surface area contributed by atoms with Gasteiger partial charge < -0.3 is 15.4 Å². The predicted molar refractivity (Wildman–Crippen MR) is 121 cm³/mol. The second kappa shape index (κ2) is 7.99. The van der Waals surface area contributed by atoms with Gasteiger partial charge in [0.1, 0.15) is 24.0 Å². The number of fused-ring (bicyclic) bond motifs is 3. The number of carbonyl (C=O) groups excluding carboxylic acids is 1. The third-order valence-electron chi connectivity index (χ3n) is 5.92. The first-order chi connectivity index (χ1) is 15.4. The number of hydrogen-bond donors (Lipinski definition) is 1. The van der Waals surface area contributed by atoms with Crippen molar-refractivity contribution in [2.45, 2.75) is 12.6 Å². The second-order valence-electron chi connectivity index (χ2n) is 7.78. The average molecular weight is 477 g/mol. The molecule has 1 saturated heterocycles. The molecule has 2 N–H and O–H groups in total. The Morgan fingerprint density at radius 3 is 2.94 bits per heavy atom. The zero-order valence-electron chi connectivity index (χ0n) is 16.9. The van der Waals surface area contributed by atoms with Gasteiger partial charge in [0, 0.05) is 42.9 Å². The quantitative estimate of drug-likeness (QED) is 0.564. The molecule has 0 spiro atoms. The van der Waals surface area contributed by atoms with Gasteiger partial charge in [-0.05, 0) is 24.3 Å². The first-order valence-electron chi connectivity index (χ1n) is 10.0. The second-order valence-corrected chi connectivity index (χ2v) is 9.19. The van der Waals surface area contributed by atoms with E-state index < -0.39 is 11.6 Å². The highest BCUT2D eigenvalue weighted by Crippen LogP contribution is 2.45. The van der Waals surface area contributed by atoms with Crippen molar-refractivity contribution in [1.29, 1.82) is 0 Å². The summed E-state index contributed by atoms with van der Waals surface area (Å²) in [5.74, 6) is -0.757. The van der Waals surface area contributed by atoms with E-state index >= 15 is 4.39 Å². The zero-order chi connectivity index (χ0) is 22.6. The van der Waals surface area contributed by atoms with Crippen molar-refractivity contribution in [2.75, 3.05) is 32.0 Å². The lowest BCUT2D eigenvalue weighted by atomic mass is 10.0. The van der Waals surface area contributed by atoms with Gasteiger partial charge >= 0.3 is 0 Å².